The largest absolute Gasteiger partial charge is 0.390 e. The molecule has 0 aliphatic carbocycles. The predicted molar refractivity (Wildman–Crippen MR) is 75.1 cm³/mol. The quantitative estimate of drug-likeness (QED) is 0.816. The minimum Gasteiger partial charge on any atom is -0.390 e. The topological polar surface area (TPSA) is 57.5 Å². The zero-order chi connectivity index (χ0) is 14.6. The minimum atomic E-state index is -1.28. The first-order valence-electron chi connectivity index (χ1n) is 5.47. The zero-order valence-electron chi connectivity index (χ0n) is 10.1. The number of hydrogen-bond donors (Lipinski definition) is 2. The Morgan fingerprint density at radius 3 is 2.58 bits per heavy atom. The van der Waals surface area contributed by atoms with Crippen LogP contribution in [0.15, 0.2) is 12.1 Å². The van der Waals surface area contributed by atoms with Crippen molar-refractivity contribution < 1.29 is 19.4 Å². The van der Waals surface area contributed by atoms with Gasteiger partial charge in [0.15, 0.2) is 5.12 Å². The Balaban J connectivity index is 2.71. The average Bonchev–Trinajstić information content (AvgIpc) is 2.33. The van der Waals surface area contributed by atoms with Crippen molar-refractivity contribution in [1.82, 2.24) is 0 Å². The lowest BCUT2D eigenvalue weighted by atomic mass is 10.0. The van der Waals surface area contributed by atoms with Gasteiger partial charge in [0.1, 0.15) is 11.9 Å². The van der Waals surface area contributed by atoms with Crippen molar-refractivity contribution in [2.24, 2.45) is 0 Å². The first kappa shape index (κ1) is 16.7. The van der Waals surface area contributed by atoms with E-state index in [2.05, 4.69) is 0 Å². The molecule has 0 amide bonds. The van der Waals surface area contributed by atoms with E-state index in [1.807, 2.05) is 0 Å². The Labute approximate surface area is 124 Å². The highest BCUT2D eigenvalue weighted by atomic mass is 35.5. The third-order valence-corrected chi connectivity index (χ3v) is 4.06. The van der Waals surface area contributed by atoms with Crippen LogP contribution in [0.3, 0.4) is 0 Å². The molecule has 2 unspecified atom stereocenters. The zero-order valence-corrected chi connectivity index (χ0v) is 12.4. The molecule has 1 aromatic rings. The maximum absolute atomic E-state index is 13.4. The average molecular weight is 327 g/mol. The van der Waals surface area contributed by atoms with Gasteiger partial charge < -0.3 is 10.2 Å². The van der Waals surface area contributed by atoms with Crippen LogP contribution in [0.1, 0.15) is 25.0 Å². The summed E-state index contributed by atoms with van der Waals surface area (Å²) in [6.45, 7) is 1.42. The normalized spacial score (nSPS) is 14.2. The number of rotatable bonds is 5. The Hall–Kier alpha value is -0.330. The number of halogens is 3. The van der Waals surface area contributed by atoms with Crippen LogP contribution >= 0.6 is 35.0 Å². The molecule has 2 atom stereocenters. The molecule has 7 heteroatoms. The van der Waals surface area contributed by atoms with Gasteiger partial charge in [0.2, 0.25) is 0 Å². The van der Waals surface area contributed by atoms with E-state index in [-0.39, 0.29) is 27.1 Å². The van der Waals surface area contributed by atoms with Crippen molar-refractivity contribution in [2.75, 3.05) is 5.75 Å². The van der Waals surface area contributed by atoms with Crippen molar-refractivity contribution in [1.29, 1.82) is 0 Å². The predicted octanol–water partition coefficient (Wildman–Crippen LogP) is 3.20. The second-order valence-electron chi connectivity index (χ2n) is 3.94. The number of carbonyl (C=O) groups excluding carboxylic acids is 1. The summed E-state index contributed by atoms with van der Waals surface area (Å²) in [7, 11) is 0. The molecule has 0 fully saturated rings. The molecule has 0 aromatic heterocycles. The molecule has 1 aromatic carbocycles. The summed E-state index contributed by atoms with van der Waals surface area (Å²) in [4.78, 5) is 10.7. The number of thioether (sulfide) groups is 1. The molecular formula is C12H13Cl2FO3S. The van der Waals surface area contributed by atoms with Crippen LogP contribution in [0.4, 0.5) is 4.39 Å². The van der Waals surface area contributed by atoms with Crippen LogP contribution < -0.4 is 0 Å². The smallest absolute Gasteiger partial charge is 0.185 e. The molecular weight excluding hydrogens is 314 g/mol. The Kier molecular flexibility index (Phi) is 6.56. The van der Waals surface area contributed by atoms with Crippen LogP contribution in [0, 0.1) is 5.82 Å². The van der Waals surface area contributed by atoms with Crippen molar-refractivity contribution >= 4 is 40.1 Å². The van der Waals surface area contributed by atoms with Crippen molar-refractivity contribution in [3.63, 3.8) is 0 Å². The number of benzene rings is 1. The van der Waals surface area contributed by atoms with Gasteiger partial charge >= 0.3 is 0 Å². The van der Waals surface area contributed by atoms with E-state index in [0.717, 1.165) is 17.8 Å². The van der Waals surface area contributed by atoms with Gasteiger partial charge in [-0.05, 0) is 24.1 Å². The third-order valence-electron chi connectivity index (χ3n) is 2.43. The molecule has 2 N–H and O–H groups in total. The van der Waals surface area contributed by atoms with E-state index >= 15 is 0 Å². The molecule has 3 nitrogen and oxygen atoms in total. The standard InChI is InChI=1S/C12H13Cl2FO3S/c1-6(16)19-3-2-10(17)12(18)7-4-8(13)11(14)9(15)5-7/h4-5,10,12,17-18H,2-3H2,1H3. The van der Waals surface area contributed by atoms with Gasteiger partial charge in [0.25, 0.3) is 0 Å². The SMILES string of the molecule is CC(=O)SCCC(O)C(O)c1cc(F)c(Cl)c(Cl)c1. The molecule has 0 heterocycles. The molecule has 0 aliphatic rings. The van der Waals surface area contributed by atoms with Gasteiger partial charge in [0, 0.05) is 12.7 Å². The third kappa shape index (κ3) is 4.93. The molecule has 19 heavy (non-hydrogen) atoms. The van der Waals surface area contributed by atoms with Gasteiger partial charge in [-0.2, -0.15) is 0 Å². The van der Waals surface area contributed by atoms with Crippen LogP contribution in [0.2, 0.25) is 10.0 Å². The van der Waals surface area contributed by atoms with Gasteiger partial charge in [-0.1, -0.05) is 35.0 Å². The van der Waals surface area contributed by atoms with Crippen LogP contribution in [0.25, 0.3) is 0 Å². The monoisotopic (exact) mass is 326 g/mol. The number of carbonyl (C=O) groups is 1. The first-order chi connectivity index (χ1) is 8.82. The molecule has 0 bridgehead atoms. The van der Waals surface area contributed by atoms with Crippen LogP contribution in [-0.4, -0.2) is 27.2 Å². The van der Waals surface area contributed by atoms with Gasteiger partial charge in [-0.3, -0.25) is 4.79 Å². The van der Waals surface area contributed by atoms with Gasteiger partial charge in [0.05, 0.1) is 16.1 Å². The summed E-state index contributed by atoms with van der Waals surface area (Å²) < 4.78 is 13.4. The summed E-state index contributed by atoms with van der Waals surface area (Å²) in [5.41, 5.74) is 0.146. The second-order valence-corrected chi connectivity index (χ2v) is 6.00. The van der Waals surface area contributed by atoms with E-state index in [4.69, 9.17) is 23.2 Å². The Bertz CT molecular complexity index is 447. The van der Waals surface area contributed by atoms with E-state index in [9.17, 15) is 19.4 Å². The lowest BCUT2D eigenvalue weighted by Crippen LogP contribution is -2.19. The number of hydrogen-bond acceptors (Lipinski definition) is 4. The minimum absolute atomic E-state index is 0.0268. The number of aliphatic hydroxyl groups excluding tert-OH is 2. The molecule has 0 radical (unpaired) electrons. The molecule has 0 aliphatic heterocycles. The molecule has 106 valence electrons. The number of aliphatic hydroxyl groups is 2. The highest BCUT2D eigenvalue weighted by Crippen LogP contribution is 2.30. The molecule has 1 rings (SSSR count). The van der Waals surface area contributed by atoms with Crippen molar-refractivity contribution in [2.45, 2.75) is 25.6 Å². The van der Waals surface area contributed by atoms with Gasteiger partial charge in [-0.25, -0.2) is 4.39 Å². The van der Waals surface area contributed by atoms with E-state index in [0.29, 0.717) is 5.75 Å². The summed E-state index contributed by atoms with van der Waals surface area (Å²) >= 11 is 12.3. The first-order valence-corrected chi connectivity index (χ1v) is 7.21. The van der Waals surface area contributed by atoms with E-state index < -0.39 is 18.0 Å². The summed E-state index contributed by atoms with van der Waals surface area (Å²) in [6, 6.07) is 2.33. The Morgan fingerprint density at radius 1 is 1.42 bits per heavy atom. The summed E-state index contributed by atoms with van der Waals surface area (Å²) in [6.07, 6.45) is -2.19. The fourth-order valence-electron chi connectivity index (χ4n) is 1.45. The molecule has 0 saturated carbocycles. The second kappa shape index (κ2) is 7.45. The molecule has 0 saturated heterocycles. The maximum Gasteiger partial charge on any atom is 0.185 e. The fraction of sp³-hybridized carbons (Fsp3) is 0.417. The maximum atomic E-state index is 13.4. The van der Waals surface area contributed by atoms with E-state index in [1.165, 1.54) is 13.0 Å². The molecule has 0 spiro atoms. The lowest BCUT2D eigenvalue weighted by molar-refractivity contribution is -0.109. The lowest BCUT2D eigenvalue weighted by Gasteiger charge is -2.18. The van der Waals surface area contributed by atoms with Crippen LogP contribution in [-0.2, 0) is 4.79 Å². The van der Waals surface area contributed by atoms with Crippen LogP contribution in [0.5, 0.6) is 0 Å². The highest BCUT2D eigenvalue weighted by molar-refractivity contribution is 8.13. The van der Waals surface area contributed by atoms with Crippen molar-refractivity contribution in [3.8, 4) is 0 Å². The van der Waals surface area contributed by atoms with Gasteiger partial charge in [-0.15, -0.1) is 0 Å². The van der Waals surface area contributed by atoms with Crippen molar-refractivity contribution in [3.05, 3.63) is 33.6 Å². The highest BCUT2D eigenvalue weighted by Gasteiger charge is 2.20. The summed E-state index contributed by atoms with van der Waals surface area (Å²) in [5.74, 6) is -0.384. The Morgan fingerprint density at radius 2 is 2.05 bits per heavy atom. The fourth-order valence-corrected chi connectivity index (χ4v) is 2.42. The van der Waals surface area contributed by atoms with E-state index in [1.54, 1.807) is 0 Å². The summed E-state index contributed by atoms with van der Waals surface area (Å²) in [5, 5.41) is 19.3.